The normalized spacial score (nSPS) is 12.7. The Kier molecular flexibility index (Phi) is 4.58. The number of aliphatic imine (C=N–C) groups is 1. The van der Waals surface area contributed by atoms with Crippen LogP contribution in [0.15, 0.2) is 40.7 Å². The summed E-state index contributed by atoms with van der Waals surface area (Å²) in [6.45, 7) is 9.41. The number of aromatic nitrogens is 2. The molecule has 1 aromatic rings. The average molecular weight is 215 g/mol. The molecule has 0 fully saturated rings. The second-order valence-electron chi connectivity index (χ2n) is 3.74. The van der Waals surface area contributed by atoms with Gasteiger partial charge in [0.25, 0.3) is 0 Å². The van der Waals surface area contributed by atoms with Crippen molar-refractivity contribution < 1.29 is 0 Å². The Morgan fingerprint density at radius 1 is 1.50 bits per heavy atom. The van der Waals surface area contributed by atoms with Gasteiger partial charge < -0.3 is 0 Å². The summed E-state index contributed by atoms with van der Waals surface area (Å²) in [4.78, 5) is 3.88. The smallest absolute Gasteiger partial charge is 0.0603 e. The molecule has 0 aliphatic heterocycles. The molecule has 0 atom stereocenters. The molecule has 1 aromatic heterocycles. The first-order valence-electron chi connectivity index (χ1n) is 5.22. The van der Waals surface area contributed by atoms with E-state index in [1.54, 1.807) is 6.20 Å². The van der Waals surface area contributed by atoms with Gasteiger partial charge >= 0.3 is 0 Å². The van der Waals surface area contributed by atoms with E-state index in [4.69, 9.17) is 0 Å². The van der Waals surface area contributed by atoms with E-state index in [1.807, 2.05) is 26.8 Å². The van der Waals surface area contributed by atoms with Crippen LogP contribution < -0.4 is 0 Å². The van der Waals surface area contributed by atoms with Crippen molar-refractivity contribution in [3.8, 4) is 0 Å². The average Bonchev–Trinajstić information content (AvgIpc) is 2.28. The molecule has 1 rings (SSSR count). The lowest BCUT2D eigenvalue weighted by atomic mass is 10.1. The number of hydrogen-bond acceptors (Lipinski definition) is 3. The lowest BCUT2D eigenvalue weighted by molar-refractivity contribution is 0.955. The van der Waals surface area contributed by atoms with Crippen molar-refractivity contribution in [3.63, 3.8) is 0 Å². The zero-order chi connectivity index (χ0) is 12.0. The van der Waals surface area contributed by atoms with Crippen LogP contribution in [0.3, 0.4) is 0 Å². The fourth-order valence-electron chi connectivity index (χ4n) is 1.26. The Balaban J connectivity index is 2.65. The standard InChI is InChI=1S/C13H17N3/c1-10(12(3)14-4)6-5-7-13-8-11(2)16-15-9-13/h5-6,8-9H,4,7H2,1-3H3/b6-5-,12-10-. The van der Waals surface area contributed by atoms with Crippen LogP contribution in [-0.2, 0) is 6.42 Å². The lowest BCUT2D eigenvalue weighted by Gasteiger charge is -1.98. The Bertz CT molecular complexity index is 431. The molecular formula is C13H17N3. The van der Waals surface area contributed by atoms with Gasteiger partial charge in [-0.1, -0.05) is 12.2 Å². The molecule has 0 spiro atoms. The third kappa shape index (κ3) is 3.77. The van der Waals surface area contributed by atoms with E-state index in [1.165, 1.54) is 5.56 Å². The highest BCUT2D eigenvalue weighted by atomic mass is 15.1. The van der Waals surface area contributed by atoms with Gasteiger partial charge in [-0.3, -0.25) is 4.99 Å². The first-order valence-corrected chi connectivity index (χ1v) is 5.22. The topological polar surface area (TPSA) is 38.1 Å². The molecule has 0 N–H and O–H groups in total. The molecule has 0 radical (unpaired) electrons. The Morgan fingerprint density at radius 2 is 2.25 bits per heavy atom. The molecular weight excluding hydrogens is 198 g/mol. The van der Waals surface area contributed by atoms with Crippen LogP contribution in [0.25, 0.3) is 0 Å². The SMILES string of the molecule is C=N/C(C)=C(C)\C=C/Cc1cnnc(C)c1. The molecule has 0 aromatic carbocycles. The molecule has 84 valence electrons. The minimum atomic E-state index is 0.859. The summed E-state index contributed by atoms with van der Waals surface area (Å²) in [5, 5.41) is 7.83. The number of nitrogens with zero attached hydrogens (tertiary/aromatic N) is 3. The second kappa shape index (κ2) is 5.95. The first-order chi connectivity index (χ1) is 7.63. The van der Waals surface area contributed by atoms with E-state index in [9.17, 15) is 0 Å². The number of aryl methyl sites for hydroxylation is 1. The van der Waals surface area contributed by atoms with Crippen molar-refractivity contribution in [2.24, 2.45) is 4.99 Å². The Hall–Kier alpha value is -1.77. The monoisotopic (exact) mass is 215 g/mol. The maximum atomic E-state index is 3.92. The van der Waals surface area contributed by atoms with E-state index in [0.29, 0.717) is 0 Å². The molecule has 16 heavy (non-hydrogen) atoms. The zero-order valence-electron chi connectivity index (χ0n) is 10.1. The summed E-state index contributed by atoms with van der Waals surface area (Å²) < 4.78 is 0. The minimum absolute atomic E-state index is 0.859. The third-order valence-electron chi connectivity index (χ3n) is 2.36. The van der Waals surface area contributed by atoms with Crippen molar-refractivity contribution in [1.29, 1.82) is 0 Å². The van der Waals surface area contributed by atoms with Gasteiger partial charge in [-0.15, -0.1) is 0 Å². The van der Waals surface area contributed by atoms with E-state index < -0.39 is 0 Å². The predicted octanol–water partition coefficient (Wildman–Crippen LogP) is 2.88. The van der Waals surface area contributed by atoms with Gasteiger partial charge in [0.15, 0.2) is 0 Å². The highest BCUT2D eigenvalue weighted by Gasteiger charge is 1.93. The maximum Gasteiger partial charge on any atom is 0.0603 e. The summed E-state index contributed by atoms with van der Waals surface area (Å²) in [7, 11) is 0. The molecule has 0 saturated carbocycles. The summed E-state index contributed by atoms with van der Waals surface area (Å²) in [5.74, 6) is 0. The molecule has 3 heteroatoms. The van der Waals surface area contributed by atoms with E-state index >= 15 is 0 Å². The lowest BCUT2D eigenvalue weighted by Crippen LogP contribution is -1.89. The highest BCUT2D eigenvalue weighted by Crippen LogP contribution is 2.07. The van der Waals surface area contributed by atoms with Gasteiger partial charge in [0.1, 0.15) is 0 Å². The van der Waals surface area contributed by atoms with Crippen LogP contribution in [0.1, 0.15) is 25.1 Å². The van der Waals surface area contributed by atoms with Gasteiger partial charge in [-0.05, 0) is 51.1 Å². The highest BCUT2D eigenvalue weighted by molar-refractivity contribution is 5.32. The van der Waals surface area contributed by atoms with E-state index in [2.05, 4.69) is 34.1 Å². The van der Waals surface area contributed by atoms with Crippen molar-refractivity contribution in [3.05, 3.63) is 46.9 Å². The quantitative estimate of drug-likeness (QED) is 0.572. The van der Waals surface area contributed by atoms with Gasteiger partial charge in [0.05, 0.1) is 11.9 Å². The predicted molar refractivity (Wildman–Crippen MR) is 67.5 cm³/mol. The van der Waals surface area contributed by atoms with E-state index in [-0.39, 0.29) is 0 Å². The van der Waals surface area contributed by atoms with Gasteiger partial charge in [-0.25, -0.2) is 0 Å². The van der Waals surface area contributed by atoms with Crippen molar-refractivity contribution in [2.45, 2.75) is 27.2 Å². The van der Waals surface area contributed by atoms with Crippen LogP contribution in [0.2, 0.25) is 0 Å². The second-order valence-corrected chi connectivity index (χ2v) is 3.74. The van der Waals surface area contributed by atoms with Crippen molar-refractivity contribution >= 4 is 6.72 Å². The summed E-state index contributed by atoms with van der Waals surface area (Å²) in [6.07, 6.45) is 6.80. The molecule has 0 bridgehead atoms. The largest absolute Gasteiger partial charge is 0.269 e. The van der Waals surface area contributed by atoms with E-state index in [0.717, 1.165) is 23.4 Å². The zero-order valence-corrected chi connectivity index (χ0v) is 10.1. The molecule has 0 unspecified atom stereocenters. The fraction of sp³-hybridized carbons (Fsp3) is 0.308. The van der Waals surface area contributed by atoms with Crippen LogP contribution in [0.5, 0.6) is 0 Å². The van der Waals surface area contributed by atoms with Crippen LogP contribution in [0, 0.1) is 6.92 Å². The van der Waals surface area contributed by atoms with Crippen LogP contribution >= 0.6 is 0 Å². The molecule has 3 nitrogen and oxygen atoms in total. The summed E-state index contributed by atoms with van der Waals surface area (Å²) >= 11 is 0. The Labute approximate surface area is 96.6 Å². The van der Waals surface area contributed by atoms with Crippen LogP contribution in [-0.4, -0.2) is 16.9 Å². The fourth-order valence-corrected chi connectivity index (χ4v) is 1.26. The van der Waals surface area contributed by atoms with Gasteiger partial charge in [0, 0.05) is 5.70 Å². The molecule has 0 amide bonds. The molecule has 0 aliphatic carbocycles. The summed E-state index contributed by atoms with van der Waals surface area (Å²) in [5.41, 5.74) is 4.21. The number of allylic oxidation sites excluding steroid dienone is 4. The van der Waals surface area contributed by atoms with Crippen LogP contribution in [0.4, 0.5) is 0 Å². The molecule has 0 aliphatic rings. The summed E-state index contributed by atoms with van der Waals surface area (Å²) in [6, 6.07) is 2.04. The van der Waals surface area contributed by atoms with Gasteiger partial charge in [0.2, 0.25) is 0 Å². The molecule has 0 saturated heterocycles. The van der Waals surface area contributed by atoms with Crippen molar-refractivity contribution in [2.75, 3.05) is 0 Å². The maximum absolute atomic E-state index is 3.92. The minimum Gasteiger partial charge on any atom is -0.269 e. The van der Waals surface area contributed by atoms with Gasteiger partial charge in [-0.2, -0.15) is 10.2 Å². The molecule has 1 heterocycles. The number of hydrogen-bond donors (Lipinski definition) is 0. The Morgan fingerprint density at radius 3 is 2.88 bits per heavy atom. The number of rotatable bonds is 4. The first kappa shape index (κ1) is 12.3. The third-order valence-corrected chi connectivity index (χ3v) is 2.36. The van der Waals surface area contributed by atoms with Crippen molar-refractivity contribution in [1.82, 2.24) is 10.2 Å².